The molecule has 2 heterocycles. The summed E-state index contributed by atoms with van der Waals surface area (Å²) < 4.78 is 11.0. The van der Waals surface area contributed by atoms with E-state index in [0.717, 1.165) is 54.8 Å². The van der Waals surface area contributed by atoms with Gasteiger partial charge in [0, 0.05) is 13.1 Å². The average Bonchev–Trinajstić information content (AvgIpc) is 3.41. The van der Waals surface area contributed by atoms with Crippen molar-refractivity contribution in [2.75, 3.05) is 33.3 Å². The highest BCUT2D eigenvalue weighted by Gasteiger charge is 2.25. The van der Waals surface area contributed by atoms with Gasteiger partial charge < -0.3 is 19.8 Å². The molecule has 0 bridgehead atoms. The summed E-state index contributed by atoms with van der Waals surface area (Å²) in [6.45, 7) is 8.58. The number of benzene rings is 1. The van der Waals surface area contributed by atoms with Crippen molar-refractivity contribution in [1.29, 1.82) is 0 Å². The quantitative estimate of drug-likeness (QED) is 0.317. The third kappa shape index (κ3) is 6.64. The van der Waals surface area contributed by atoms with E-state index >= 15 is 0 Å². The van der Waals surface area contributed by atoms with Crippen LogP contribution in [0.1, 0.15) is 42.7 Å². The first-order valence-corrected chi connectivity index (χ1v) is 10.1. The van der Waals surface area contributed by atoms with Gasteiger partial charge in [-0.15, -0.1) is 24.0 Å². The van der Waals surface area contributed by atoms with Gasteiger partial charge in [0.15, 0.2) is 5.96 Å². The zero-order valence-electron chi connectivity index (χ0n) is 17.6. The standard InChI is InChI=1S/C22H32N4O2.HI/c1-4-23-22(24-15-18-9-10-20(27-3)17(2)14-18)25-16-19(21-8-7-13-28-21)26-11-5-6-12-26;/h7-10,13-14,19H,4-6,11-12,15-16H2,1-3H3,(H2,23,24,25);1H. The van der Waals surface area contributed by atoms with Gasteiger partial charge in [0.2, 0.25) is 0 Å². The van der Waals surface area contributed by atoms with Gasteiger partial charge in [-0.2, -0.15) is 0 Å². The maximum atomic E-state index is 5.71. The highest BCUT2D eigenvalue weighted by molar-refractivity contribution is 14.0. The number of nitrogens with zero attached hydrogens (tertiary/aromatic N) is 2. The van der Waals surface area contributed by atoms with Crippen molar-refractivity contribution in [3.63, 3.8) is 0 Å². The van der Waals surface area contributed by atoms with Gasteiger partial charge in [-0.05, 0) is 69.1 Å². The van der Waals surface area contributed by atoms with Crippen molar-refractivity contribution in [1.82, 2.24) is 15.5 Å². The molecule has 1 unspecified atom stereocenters. The lowest BCUT2D eigenvalue weighted by Crippen LogP contribution is -2.42. The molecule has 1 saturated heterocycles. The third-order valence-electron chi connectivity index (χ3n) is 5.14. The van der Waals surface area contributed by atoms with Crippen LogP contribution in [-0.2, 0) is 6.54 Å². The minimum absolute atomic E-state index is 0. The Balaban J connectivity index is 0.00000300. The molecule has 2 N–H and O–H groups in total. The number of guanidine groups is 1. The van der Waals surface area contributed by atoms with Gasteiger partial charge in [0.1, 0.15) is 11.5 Å². The van der Waals surface area contributed by atoms with Crippen LogP contribution >= 0.6 is 24.0 Å². The van der Waals surface area contributed by atoms with Crippen LogP contribution in [0.5, 0.6) is 5.75 Å². The Morgan fingerprint density at radius 3 is 2.66 bits per heavy atom. The van der Waals surface area contributed by atoms with Crippen LogP contribution in [0.4, 0.5) is 0 Å². The highest BCUT2D eigenvalue weighted by atomic mass is 127. The topological polar surface area (TPSA) is 62.0 Å². The fourth-order valence-electron chi connectivity index (χ4n) is 3.69. The Bertz CT molecular complexity index is 758. The first kappa shape index (κ1) is 23.5. The second-order valence-corrected chi connectivity index (χ2v) is 7.15. The van der Waals surface area contributed by atoms with E-state index < -0.39 is 0 Å². The summed E-state index contributed by atoms with van der Waals surface area (Å²) in [5.41, 5.74) is 2.29. The van der Waals surface area contributed by atoms with Gasteiger partial charge in [0.25, 0.3) is 0 Å². The number of methoxy groups -OCH3 is 1. The van der Waals surface area contributed by atoms with Crippen LogP contribution in [0.25, 0.3) is 0 Å². The molecule has 1 atom stereocenters. The lowest BCUT2D eigenvalue weighted by Gasteiger charge is -2.26. The minimum atomic E-state index is 0. The molecule has 0 aliphatic carbocycles. The minimum Gasteiger partial charge on any atom is -0.496 e. The number of ether oxygens (including phenoxy) is 1. The Kier molecular flexibility index (Phi) is 9.80. The van der Waals surface area contributed by atoms with E-state index in [2.05, 4.69) is 47.6 Å². The number of furan rings is 1. The number of halogens is 1. The second-order valence-electron chi connectivity index (χ2n) is 7.15. The number of rotatable bonds is 8. The monoisotopic (exact) mass is 512 g/mol. The molecule has 7 heteroatoms. The number of aryl methyl sites for hydroxylation is 1. The van der Waals surface area contributed by atoms with Crippen LogP contribution in [0.2, 0.25) is 0 Å². The first-order valence-electron chi connectivity index (χ1n) is 10.1. The van der Waals surface area contributed by atoms with Gasteiger partial charge in [0.05, 0.1) is 26.0 Å². The van der Waals surface area contributed by atoms with Gasteiger partial charge in [-0.25, -0.2) is 4.99 Å². The van der Waals surface area contributed by atoms with Gasteiger partial charge in [-0.3, -0.25) is 4.90 Å². The van der Waals surface area contributed by atoms with Crippen LogP contribution < -0.4 is 15.4 Å². The number of hydrogen-bond acceptors (Lipinski definition) is 4. The summed E-state index contributed by atoms with van der Waals surface area (Å²) >= 11 is 0. The van der Waals surface area contributed by atoms with E-state index in [1.807, 2.05) is 12.1 Å². The molecule has 1 aromatic heterocycles. The van der Waals surface area contributed by atoms with E-state index in [1.165, 1.54) is 12.8 Å². The molecule has 0 saturated carbocycles. The summed E-state index contributed by atoms with van der Waals surface area (Å²) in [4.78, 5) is 7.25. The third-order valence-corrected chi connectivity index (χ3v) is 5.14. The molecule has 6 nitrogen and oxygen atoms in total. The molecule has 160 valence electrons. The van der Waals surface area contributed by atoms with Crippen LogP contribution in [0.15, 0.2) is 46.0 Å². The number of hydrogen-bond donors (Lipinski definition) is 2. The van der Waals surface area contributed by atoms with Crippen molar-refractivity contribution < 1.29 is 9.15 Å². The van der Waals surface area contributed by atoms with Crippen molar-refractivity contribution >= 4 is 29.9 Å². The van der Waals surface area contributed by atoms with Crippen molar-refractivity contribution in [3.05, 3.63) is 53.5 Å². The van der Waals surface area contributed by atoms with Crippen molar-refractivity contribution in [2.45, 2.75) is 39.3 Å². The normalized spacial score (nSPS) is 15.6. The summed E-state index contributed by atoms with van der Waals surface area (Å²) in [5, 5.41) is 6.85. The van der Waals surface area contributed by atoms with Crippen LogP contribution in [0.3, 0.4) is 0 Å². The average molecular weight is 512 g/mol. The molecule has 1 aliphatic rings. The van der Waals surface area contributed by atoms with E-state index in [9.17, 15) is 0 Å². The fourth-order valence-corrected chi connectivity index (χ4v) is 3.69. The van der Waals surface area contributed by atoms with Crippen LogP contribution in [-0.4, -0.2) is 44.1 Å². The second kappa shape index (κ2) is 12.1. The van der Waals surface area contributed by atoms with E-state index in [-0.39, 0.29) is 30.0 Å². The first-order chi connectivity index (χ1) is 13.7. The maximum absolute atomic E-state index is 5.71. The Morgan fingerprint density at radius 2 is 2.03 bits per heavy atom. The highest BCUT2D eigenvalue weighted by Crippen LogP contribution is 2.25. The molecule has 1 fully saturated rings. The SMILES string of the molecule is CCNC(=NCc1ccc(OC)c(C)c1)NCC(c1ccco1)N1CCCC1.I. The van der Waals surface area contributed by atoms with Crippen molar-refractivity contribution in [3.8, 4) is 5.75 Å². The molecular weight excluding hydrogens is 479 g/mol. The van der Waals surface area contributed by atoms with Gasteiger partial charge in [-0.1, -0.05) is 12.1 Å². The van der Waals surface area contributed by atoms with E-state index in [4.69, 9.17) is 14.1 Å². The summed E-state index contributed by atoms with van der Waals surface area (Å²) in [7, 11) is 1.70. The molecule has 2 aromatic rings. The smallest absolute Gasteiger partial charge is 0.191 e. The predicted molar refractivity (Wildman–Crippen MR) is 128 cm³/mol. The summed E-state index contributed by atoms with van der Waals surface area (Å²) in [5.74, 6) is 2.74. The molecule has 29 heavy (non-hydrogen) atoms. The van der Waals surface area contributed by atoms with Crippen molar-refractivity contribution in [2.24, 2.45) is 4.99 Å². The largest absolute Gasteiger partial charge is 0.496 e. The molecular formula is C22H33IN4O2. The molecule has 3 rings (SSSR count). The number of nitrogens with one attached hydrogen (secondary N) is 2. The molecule has 0 amide bonds. The maximum Gasteiger partial charge on any atom is 0.191 e. The molecule has 1 aromatic carbocycles. The Morgan fingerprint density at radius 1 is 1.24 bits per heavy atom. The predicted octanol–water partition coefficient (Wildman–Crippen LogP) is 4.11. The lowest BCUT2D eigenvalue weighted by atomic mass is 10.1. The molecule has 0 spiro atoms. The fraction of sp³-hybridized carbons (Fsp3) is 0.500. The lowest BCUT2D eigenvalue weighted by molar-refractivity contribution is 0.215. The van der Waals surface area contributed by atoms with Gasteiger partial charge >= 0.3 is 0 Å². The zero-order valence-corrected chi connectivity index (χ0v) is 19.9. The Labute approximate surface area is 191 Å². The zero-order chi connectivity index (χ0) is 19.8. The molecule has 0 radical (unpaired) electrons. The number of likely N-dealkylation sites (tertiary alicyclic amines) is 1. The number of aliphatic imine (C=N–C) groups is 1. The van der Waals surface area contributed by atoms with E-state index in [0.29, 0.717) is 6.54 Å². The van der Waals surface area contributed by atoms with E-state index in [1.54, 1.807) is 13.4 Å². The Hall–Kier alpha value is -1.74. The molecule has 1 aliphatic heterocycles. The summed E-state index contributed by atoms with van der Waals surface area (Å²) in [6.07, 6.45) is 4.26. The van der Waals surface area contributed by atoms with Crippen LogP contribution in [0, 0.1) is 6.92 Å². The summed E-state index contributed by atoms with van der Waals surface area (Å²) in [6, 6.07) is 10.4.